The first kappa shape index (κ1) is 17.3. The number of fused-ring (bicyclic) bond motifs is 1. The number of carbonyl (C=O) groups excluding carboxylic acids is 2. The summed E-state index contributed by atoms with van der Waals surface area (Å²) in [6.07, 6.45) is 5.39. The largest absolute Gasteiger partial charge is 0.309 e. The lowest BCUT2D eigenvalue weighted by Gasteiger charge is -2.20. The molecule has 0 amide bonds. The van der Waals surface area contributed by atoms with Gasteiger partial charge >= 0.3 is 0 Å². The van der Waals surface area contributed by atoms with Crippen LogP contribution in [-0.2, 0) is 7.05 Å². The van der Waals surface area contributed by atoms with Crippen LogP contribution in [0.5, 0.6) is 0 Å². The Hall–Kier alpha value is -2.53. The molecular weight excluding hydrogens is 314 g/mol. The Morgan fingerprint density at radius 1 is 1.24 bits per heavy atom. The second kappa shape index (κ2) is 7.15. The van der Waals surface area contributed by atoms with E-state index in [2.05, 4.69) is 10.00 Å². The lowest BCUT2D eigenvalue weighted by atomic mass is 9.83. The third-order valence-corrected chi connectivity index (χ3v) is 4.47. The summed E-state index contributed by atoms with van der Waals surface area (Å²) in [5.41, 5.74) is 2.15. The SMILES string of the molecule is CN(C)CCC[C@@H]1C=C(C(=O)c2ccccc2)C(=O)c2cn(C)nc21. The molecule has 5 nitrogen and oxygen atoms in total. The Kier molecular flexibility index (Phi) is 4.95. The van der Waals surface area contributed by atoms with Crippen LogP contribution in [0, 0.1) is 0 Å². The number of rotatable bonds is 6. The number of aryl methyl sites for hydroxylation is 1. The van der Waals surface area contributed by atoms with E-state index in [1.807, 2.05) is 38.4 Å². The smallest absolute Gasteiger partial charge is 0.200 e. The molecule has 0 radical (unpaired) electrons. The highest BCUT2D eigenvalue weighted by molar-refractivity contribution is 6.31. The third kappa shape index (κ3) is 3.61. The van der Waals surface area contributed by atoms with Crippen LogP contribution in [0.25, 0.3) is 0 Å². The first-order chi connectivity index (χ1) is 12.0. The van der Waals surface area contributed by atoms with Crippen molar-refractivity contribution < 1.29 is 9.59 Å². The fourth-order valence-corrected chi connectivity index (χ4v) is 3.23. The Balaban J connectivity index is 1.93. The second-order valence-corrected chi connectivity index (χ2v) is 6.76. The molecule has 1 aromatic heterocycles. The molecule has 0 saturated heterocycles. The maximum Gasteiger partial charge on any atom is 0.200 e. The van der Waals surface area contributed by atoms with Gasteiger partial charge in [-0.15, -0.1) is 0 Å². The highest BCUT2D eigenvalue weighted by Gasteiger charge is 2.33. The molecule has 25 heavy (non-hydrogen) atoms. The van der Waals surface area contributed by atoms with E-state index in [1.54, 1.807) is 30.1 Å². The van der Waals surface area contributed by atoms with Crippen LogP contribution in [0.15, 0.2) is 48.2 Å². The molecular formula is C20H23N3O2. The van der Waals surface area contributed by atoms with Crippen LogP contribution < -0.4 is 0 Å². The fraction of sp³-hybridized carbons (Fsp3) is 0.350. The topological polar surface area (TPSA) is 55.2 Å². The molecule has 0 spiro atoms. The lowest BCUT2D eigenvalue weighted by Crippen LogP contribution is -2.21. The Morgan fingerprint density at radius 3 is 2.64 bits per heavy atom. The van der Waals surface area contributed by atoms with Crippen molar-refractivity contribution in [2.45, 2.75) is 18.8 Å². The summed E-state index contributed by atoms with van der Waals surface area (Å²) in [6.45, 7) is 0.961. The van der Waals surface area contributed by atoms with Gasteiger partial charge in [-0.25, -0.2) is 0 Å². The minimum Gasteiger partial charge on any atom is -0.309 e. The van der Waals surface area contributed by atoms with Gasteiger partial charge in [0.1, 0.15) is 0 Å². The summed E-state index contributed by atoms with van der Waals surface area (Å²) in [7, 11) is 5.88. The van der Waals surface area contributed by atoms with Crippen LogP contribution in [0.1, 0.15) is 45.2 Å². The van der Waals surface area contributed by atoms with Crippen LogP contribution >= 0.6 is 0 Å². The van der Waals surface area contributed by atoms with Gasteiger partial charge in [-0.1, -0.05) is 36.4 Å². The summed E-state index contributed by atoms with van der Waals surface area (Å²) in [5, 5.41) is 4.47. The van der Waals surface area contributed by atoms with Crippen LogP contribution in [-0.4, -0.2) is 46.9 Å². The van der Waals surface area contributed by atoms with E-state index in [0.717, 1.165) is 25.1 Å². The second-order valence-electron chi connectivity index (χ2n) is 6.76. The van der Waals surface area contributed by atoms with E-state index in [9.17, 15) is 9.59 Å². The molecule has 130 valence electrons. The number of ketones is 2. The molecule has 0 fully saturated rings. The number of carbonyl (C=O) groups is 2. The zero-order valence-electron chi connectivity index (χ0n) is 14.9. The highest BCUT2D eigenvalue weighted by Crippen LogP contribution is 2.33. The molecule has 5 heteroatoms. The molecule has 1 aliphatic rings. The van der Waals surface area contributed by atoms with Crippen LogP contribution in [0.2, 0.25) is 0 Å². The third-order valence-electron chi connectivity index (χ3n) is 4.47. The van der Waals surface area contributed by atoms with E-state index in [0.29, 0.717) is 11.1 Å². The monoisotopic (exact) mass is 337 g/mol. The molecule has 0 bridgehead atoms. The van der Waals surface area contributed by atoms with Crippen molar-refractivity contribution in [2.24, 2.45) is 7.05 Å². The van der Waals surface area contributed by atoms with Crippen LogP contribution in [0.4, 0.5) is 0 Å². The van der Waals surface area contributed by atoms with E-state index < -0.39 is 0 Å². The van der Waals surface area contributed by atoms with Crippen molar-refractivity contribution in [2.75, 3.05) is 20.6 Å². The molecule has 0 saturated carbocycles. The molecule has 3 rings (SSSR count). The van der Waals surface area contributed by atoms with E-state index in [1.165, 1.54) is 0 Å². The Morgan fingerprint density at radius 2 is 1.96 bits per heavy atom. The number of aromatic nitrogens is 2. The number of hydrogen-bond acceptors (Lipinski definition) is 4. The van der Waals surface area contributed by atoms with Gasteiger partial charge in [0.25, 0.3) is 0 Å². The van der Waals surface area contributed by atoms with Gasteiger partial charge < -0.3 is 4.90 Å². The summed E-state index contributed by atoms with van der Waals surface area (Å²) < 4.78 is 1.66. The summed E-state index contributed by atoms with van der Waals surface area (Å²) >= 11 is 0. The highest BCUT2D eigenvalue weighted by atomic mass is 16.1. The Labute approximate surface area is 147 Å². The summed E-state index contributed by atoms with van der Waals surface area (Å²) in [4.78, 5) is 27.8. The number of allylic oxidation sites excluding steroid dienone is 2. The number of nitrogens with zero attached hydrogens (tertiary/aromatic N) is 3. The lowest BCUT2D eigenvalue weighted by molar-refractivity contribution is 0.0958. The van der Waals surface area contributed by atoms with Gasteiger partial charge in [0.15, 0.2) is 11.6 Å². The van der Waals surface area contributed by atoms with Crippen molar-refractivity contribution >= 4 is 11.6 Å². The minimum absolute atomic E-state index is 0.00323. The predicted molar refractivity (Wildman–Crippen MR) is 96.9 cm³/mol. The quantitative estimate of drug-likeness (QED) is 0.601. The van der Waals surface area contributed by atoms with Gasteiger partial charge in [-0.3, -0.25) is 14.3 Å². The van der Waals surface area contributed by atoms with E-state index in [4.69, 9.17) is 0 Å². The average molecular weight is 337 g/mol. The van der Waals surface area contributed by atoms with Crippen LogP contribution in [0.3, 0.4) is 0 Å². The van der Waals surface area contributed by atoms with Crippen molar-refractivity contribution in [3.8, 4) is 0 Å². The maximum atomic E-state index is 12.8. The normalized spacial score (nSPS) is 16.7. The van der Waals surface area contributed by atoms with Crippen molar-refractivity contribution in [3.63, 3.8) is 0 Å². The average Bonchev–Trinajstić information content (AvgIpc) is 2.99. The molecule has 0 unspecified atom stereocenters. The number of Topliss-reactive ketones (excluding diaryl/α,β-unsaturated/α-hetero) is 2. The first-order valence-corrected chi connectivity index (χ1v) is 8.52. The minimum atomic E-state index is -0.221. The summed E-state index contributed by atoms with van der Waals surface area (Å²) in [6, 6.07) is 8.97. The molecule has 1 aliphatic carbocycles. The van der Waals surface area contributed by atoms with Gasteiger partial charge in [-0.05, 0) is 33.5 Å². The number of hydrogen-bond donors (Lipinski definition) is 0. The number of benzene rings is 1. The van der Waals surface area contributed by atoms with Gasteiger partial charge in [-0.2, -0.15) is 5.10 Å². The summed E-state index contributed by atoms with van der Waals surface area (Å²) in [5.74, 6) is -0.435. The molecule has 1 aromatic carbocycles. The van der Waals surface area contributed by atoms with E-state index >= 15 is 0 Å². The zero-order chi connectivity index (χ0) is 18.0. The first-order valence-electron chi connectivity index (χ1n) is 8.52. The van der Waals surface area contributed by atoms with Crippen molar-refractivity contribution in [1.82, 2.24) is 14.7 Å². The molecule has 1 heterocycles. The molecule has 0 N–H and O–H groups in total. The molecule has 2 aromatic rings. The van der Waals surface area contributed by atoms with Gasteiger partial charge in [0.2, 0.25) is 0 Å². The zero-order valence-corrected chi connectivity index (χ0v) is 14.9. The van der Waals surface area contributed by atoms with Crippen molar-refractivity contribution in [3.05, 3.63) is 65.0 Å². The van der Waals surface area contributed by atoms with Gasteiger partial charge in [0, 0.05) is 24.7 Å². The molecule has 1 atom stereocenters. The van der Waals surface area contributed by atoms with Gasteiger partial charge in [0.05, 0.1) is 16.8 Å². The van der Waals surface area contributed by atoms with Crippen molar-refractivity contribution in [1.29, 1.82) is 0 Å². The Bertz CT molecular complexity index is 819. The van der Waals surface area contributed by atoms with E-state index in [-0.39, 0.29) is 23.1 Å². The predicted octanol–water partition coefficient (Wildman–Crippen LogP) is 2.85. The standard InChI is InChI=1S/C20H23N3O2/c1-22(2)11-7-10-15-12-16(19(24)14-8-5-4-6-9-14)20(25)17-13-23(3)21-18(15)17/h4-6,8-9,12-13,15H,7,10-11H2,1-3H3/t15-/m1/s1. The maximum absolute atomic E-state index is 12.8. The molecule has 0 aliphatic heterocycles. The fourth-order valence-electron chi connectivity index (χ4n) is 3.23.